The number of nitro groups is 1. The molecule has 1 atom stereocenters. The van der Waals surface area contributed by atoms with E-state index >= 15 is 0 Å². The summed E-state index contributed by atoms with van der Waals surface area (Å²) in [6.45, 7) is 3.66. The highest BCUT2D eigenvalue weighted by molar-refractivity contribution is 5.95. The zero-order valence-corrected chi connectivity index (χ0v) is 13.2. The number of hydrogen-bond donors (Lipinski definition) is 1. The lowest BCUT2D eigenvalue weighted by molar-refractivity contribution is -0.385. The molecule has 0 spiro atoms. The minimum absolute atomic E-state index is 0.0170. The lowest BCUT2D eigenvalue weighted by atomic mass is 10.1. The summed E-state index contributed by atoms with van der Waals surface area (Å²) in [5, 5.41) is 13.6. The van der Waals surface area contributed by atoms with Crippen LogP contribution in [0.4, 0.5) is 5.69 Å². The molecule has 1 heterocycles. The van der Waals surface area contributed by atoms with Crippen LogP contribution in [0.25, 0.3) is 0 Å². The molecule has 2 aromatic rings. The first-order chi connectivity index (χ1) is 10.9. The van der Waals surface area contributed by atoms with E-state index in [1.54, 1.807) is 19.1 Å². The van der Waals surface area contributed by atoms with Gasteiger partial charge in [0.2, 0.25) is 0 Å². The second-order valence-electron chi connectivity index (χ2n) is 5.19. The van der Waals surface area contributed by atoms with Gasteiger partial charge in [0.25, 0.3) is 11.6 Å². The number of hydrogen-bond acceptors (Lipinski definition) is 5. The quantitative estimate of drug-likeness (QED) is 0.652. The molecular weight excluding hydrogens is 300 g/mol. The van der Waals surface area contributed by atoms with Gasteiger partial charge in [-0.2, -0.15) is 0 Å². The lowest BCUT2D eigenvalue weighted by Gasteiger charge is -2.16. The van der Waals surface area contributed by atoms with Gasteiger partial charge in [-0.05, 0) is 38.1 Å². The molecule has 7 nitrogen and oxygen atoms in total. The Morgan fingerprint density at radius 1 is 1.35 bits per heavy atom. The van der Waals surface area contributed by atoms with Gasteiger partial charge in [-0.3, -0.25) is 14.9 Å². The number of nitrogens with one attached hydrogen (secondary N) is 1. The minimum Gasteiger partial charge on any atom is -0.464 e. The average molecular weight is 318 g/mol. The monoisotopic (exact) mass is 318 g/mol. The summed E-state index contributed by atoms with van der Waals surface area (Å²) in [5.74, 6) is 0.983. The van der Waals surface area contributed by atoms with Gasteiger partial charge in [-0.15, -0.1) is 0 Å². The van der Waals surface area contributed by atoms with E-state index in [1.165, 1.54) is 25.3 Å². The summed E-state index contributed by atoms with van der Waals surface area (Å²) in [6, 6.07) is 7.40. The van der Waals surface area contributed by atoms with Gasteiger partial charge in [0.15, 0.2) is 0 Å². The van der Waals surface area contributed by atoms with Crippen molar-refractivity contribution in [2.24, 2.45) is 0 Å². The highest BCUT2D eigenvalue weighted by atomic mass is 16.6. The number of carbonyl (C=O) groups excluding carboxylic acids is 1. The van der Waals surface area contributed by atoms with Crippen LogP contribution in [-0.4, -0.2) is 24.5 Å². The number of carbonyl (C=O) groups is 1. The fraction of sp³-hybridized carbons (Fsp3) is 0.312. The Balaban J connectivity index is 2.18. The Labute approximate surface area is 133 Å². The molecule has 0 radical (unpaired) electrons. The van der Waals surface area contributed by atoms with Crippen molar-refractivity contribution in [2.75, 3.05) is 13.7 Å². The molecule has 23 heavy (non-hydrogen) atoms. The first-order valence-electron chi connectivity index (χ1n) is 7.03. The van der Waals surface area contributed by atoms with E-state index in [2.05, 4.69) is 5.32 Å². The number of ether oxygens (including phenoxy) is 1. The van der Waals surface area contributed by atoms with Crippen LogP contribution in [0.2, 0.25) is 0 Å². The van der Waals surface area contributed by atoms with Gasteiger partial charge >= 0.3 is 0 Å². The number of furan rings is 1. The van der Waals surface area contributed by atoms with Crippen LogP contribution in [-0.2, 0) is 4.74 Å². The van der Waals surface area contributed by atoms with Gasteiger partial charge in [0.05, 0.1) is 11.5 Å². The van der Waals surface area contributed by atoms with E-state index in [0.717, 1.165) is 5.76 Å². The Morgan fingerprint density at radius 3 is 2.61 bits per heavy atom. The molecule has 122 valence electrons. The second kappa shape index (κ2) is 7.06. The summed E-state index contributed by atoms with van der Waals surface area (Å²) < 4.78 is 10.6. The van der Waals surface area contributed by atoms with Gasteiger partial charge < -0.3 is 14.5 Å². The van der Waals surface area contributed by atoms with Crippen LogP contribution >= 0.6 is 0 Å². The number of nitrogens with zero attached hydrogens (tertiary/aromatic N) is 1. The van der Waals surface area contributed by atoms with Crippen molar-refractivity contribution in [3.05, 3.63) is 63.1 Å². The number of aryl methyl sites for hydroxylation is 2. The standard InChI is InChI=1S/C16H18N2O5/c1-10-8-12(5-6-14(10)18(20)21)16(19)17-13(9-22-3)15-7-4-11(2)23-15/h4-8,13H,9H2,1-3H3,(H,17,19)/t13-/m1/s1. The van der Waals surface area contributed by atoms with Crippen molar-refractivity contribution >= 4 is 11.6 Å². The smallest absolute Gasteiger partial charge is 0.272 e. The van der Waals surface area contributed by atoms with Crippen LogP contribution < -0.4 is 5.32 Å². The number of methoxy groups -OCH3 is 1. The minimum atomic E-state index is -0.476. The van der Waals surface area contributed by atoms with E-state index in [0.29, 0.717) is 16.9 Å². The average Bonchev–Trinajstić information content (AvgIpc) is 2.92. The summed E-state index contributed by atoms with van der Waals surface area (Å²) >= 11 is 0. The van der Waals surface area contributed by atoms with Crippen molar-refractivity contribution in [2.45, 2.75) is 19.9 Å². The van der Waals surface area contributed by atoms with Crippen LogP contribution in [0.3, 0.4) is 0 Å². The van der Waals surface area contributed by atoms with Gasteiger partial charge in [0, 0.05) is 24.3 Å². The predicted molar refractivity (Wildman–Crippen MR) is 83.4 cm³/mol. The molecule has 0 fully saturated rings. The third-order valence-corrected chi connectivity index (χ3v) is 3.40. The molecule has 1 aromatic heterocycles. The third kappa shape index (κ3) is 3.95. The second-order valence-corrected chi connectivity index (χ2v) is 5.19. The van der Waals surface area contributed by atoms with Crippen LogP contribution in [0.5, 0.6) is 0 Å². The van der Waals surface area contributed by atoms with Crippen LogP contribution in [0.15, 0.2) is 34.7 Å². The van der Waals surface area contributed by atoms with E-state index in [-0.39, 0.29) is 18.2 Å². The number of amides is 1. The summed E-state index contributed by atoms with van der Waals surface area (Å²) in [6.07, 6.45) is 0. The zero-order chi connectivity index (χ0) is 17.0. The molecule has 0 bridgehead atoms. The maximum Gasteiger partial charge on any atom is 0.272 e. The Hall–Kier alpha value is -2.67. The van der Waals surface area contributed by atoms with Crippen molar-refractivity contribution in [3.63, 3.8) is 0 Å². The molecule has 1 amide bonds. The van der Waals surface area contributed by atoms with Crippen LogP contribution in [0, 0.1) is 24.0 Å². The molecule has 7 heteroatoms. The number of rotatable bonds is 6. The molecule has 2 rings (SSSR count). The molecular formula is C16H18N2O5. The topological polar surface area (TPSA) is 94.6 Å². The van der Waals surface area contributed by atoms with Crippen molar-refractivity contribution in [1.29, 1.82) is 0 Å². The number of nitro benzene ring substituents is 1. The highest BCUT2D eigenvalue weighted by Crippen LogP contribution is 2.21. The maximum absolute atomic E-state index is 12.4. The zero-order valence-electron chi connectivity index (χ0n) is 13.2. The molecule has 1 N–H and O–H groups in total. The van der Waals surface area contributed by atoms with Crippen LogP contribution in [0.1, 0.15) is 33.5 Å². The number of benzene rings is 1. The Morgan fingerprint density at radius 2 is 2.09 bits per heavy atom. The van der Waals surface area contributed by atoms with Crippen molar-refractivity contribution < 1.29 is 18.9 Å². The SMILES string of the molecule is COC[C@@H](NC(=O)c1ccc([N+](=O)[O-])c(C)c1)c1ccc(C)o1. The predicted octanol–water partition coefficient (Wildman–Crippen LogP) is 2.92. The molecule has 0 saturated heterocycles. The third-order valence-electron chi connectivity index (χ3n) is 3.40. The first kappa shape index (κ1) is 16.7. The fourth-order valence-corrected chi connectivity index (χ4v) is 2.25. The molecule has 0 unspecified atom stereocenters. The first-order valence-corrected chi connectivity index (χ1v) is 7.03. The van der Waals surface area contributed by atoms with Crippen molar-refractivity contribution in [3.8, 4) is 0 Å². The van der Waals surface area contributed by atoms with Gasteiger partial charge in [-0.25, -0.2) is 0 Å². The lowest BCUT2D eigenvalue weighted by Crippen LogP contribution is -2.31. The molecule has 0 aliphatic carbocycles. The summed E-state index contributed by atoms with van der Waals surface area (Å²) in [4.78, 5) is 22.7. The molecule has 1 aromatic carbocycles. The normalized spacial score (nSPS) is 12.0. The summed E-state index contributed by atoms with van der Waals surface area (Å²) in [5.41, 5.74) is 0.758. The van der Waals surface area contributed by atoms with E-state index in [1.807, 2.05) is 6.92 Å². The fourth-order valence-electron chi connectivity index (χ4n) is 2.25. The molecule has 0 saturated carbocycles. The van der Waals surface area contributed by atoms with E-state index < -0.39 is 11.0 Å². The van der Waals surface area contributed by atoms with E-state index in [4.69, 9.17) is 9.15 Å². The Kier molecular flexibility index (Phi) is 5.13. The molecule has 0 aliphatic rings. The van der Waals surface area contributed by atoms with Crippen molar-refractivity contribution in [1.82, 2.24) is 5.32 Å². The largest absolute Gasteiger partial charge is 0.464 e. The Bertz CT molecular complexity index is 723. The highest BCUT2D eigenvalue weighted by Gasteiger charge is 2.20. The molecule has 0 aliphatic heterocycles. The van der Waals surface area contributed by atoms with Gasteiger partial charge in [0.1, 0.15) is 17.6 Å². The maximum atomic E-state index is 12.4. The van der Waals surface area contributed by atoms with E-state index in [9.17, 15) is 14.9 Å². The van der Waals surface area contributed by atoms with Gasteiger partial charge in [-0.1, -0.05) is 0 Å². The summed E-state index contributed by atoms with van der Waals surface area (Å²) in [7, 11) is 1.53.